The topological polar surface area (TPSA) is 68.4 Å². The van der Waals surface area contributed by atoms with Crippen LogP contribution in [0.2, 0.25) is 0 Å². The standard InChI is InChI=1S/C12H18N2O2/c1-3-16-9-6-12(15,7-9)10-8(2)4-5-14-11(10)13/h4-5,9,15H,3,6-7H2,1-2H3,(H2,13,14). The number of hydrogen-bond acceptors (Lipinski definition) is 4. The zero-order valence-electron chi connectivity index (χ0n) is 9.73. The second-order valence-corrected chi connectivity index (χ2v) is 4.41. The fourth-order valence-electron chi connectivity index (χ4n) is 2.44. The lowest BCUT2D eigenvalue weighted by atomic mass is 9.71. The van der Waals surface area contributed by atoms with Gasteiger partial charge in [-0.3, -0.25) is 0 Å². The molecule has 1 aromatic heterocycles. The zero-order valence-corrected chi connectivity index (χ0v) is 9.73. The molecule has 0 radical (unpaired) electrons. The second kappa shape index (κ2) is 4.03. The van der Waals surface area contributed by atoms with E-state index in [2.05, 4.69) is 4.98 Å². The van der Waals surface area contributed by atoms with Crippen LogP contribution in [0.4, 0.5) is 5.82 Å². The molecule has 0 saturated heterocycles. The van der Waals surface area contributed by atoms with Gasteiger partial charge < -0.3 is 15.6 Å². The van der Waals surface area contributed by atoms with Crippen molar-refractivity contribution in [2.45, 2.75) is 38.4 Å². The highest BCUT2D eigenvalue weighted by atomic mass is 16.5. The Balaban J connectivity index is 2.20. The van der Waals surface area contributed by atoms with Crippen LogP contribution in [0.3, 0.4) is 0 Å². The van der Waals surface area contributed by atoms with E-state index in [1.165, 1.54) is 0 Å². The van der Waals surface area contributed by atoms with Gasteiger partial charge in [-0.25, -0.2) is 4.98 Å². The molecule has 1 aliphatic rings. The van der Waals surface area contributed by atoms with Crippen LogP contribution >= 0.6 is 0 Å². The number of aliphatic hydroxyl groups is 1. The van der Waals surface area contributed by atoms with Crippen molar-refractivity contribution in [1.29, 1.82) is 0 Å². The minimum Gasteiger partial charge on any atom is -0.385 e. The summed E-state index contributed by atoms with van der Waals surface area (Å²) in [6, 6.07) is 1.87. The van der Waals surface area contributed by atoms with Crippen LogP contribution in [0.15, 0.2) is 12.3 Å². The first-order valence-corrected chi connectivity index (χ1v) is 5.62. The lowest BCUT2D eigenvalue weighted by molar-refractivity contribution is -0.142. The normalized spacial score (nSPS) is 28.8. The molecule has 88 valence electrons. The molecule has 0 amide bonds. The molecule has 0 unspecified atom stereocenters. The number of pyridine rings is 1. The Kier molecular flexibility index (Phi) is 2.86. The number of anilines is 1. The Bertz CT molecular complexity index is 366. The number of aryl methyl sites for hydroxylation is 1. The molecule has 0 aromatic carbocycles. The fourth-order valence-corrected chi connectivity index (χ4v) is 2.44. The maximum atomic E-state index is 10.4. The maximum Gasteiger partial charge on any atom is 0.129 e. The zero-order chi connectivity index (χ0) is 11.8. The molecular weight excluding hydrogens is 204 g/mol. The van der Waals surface area contributed by atoms with Gasteiger partial charge in [-0.1, -0.05) is 0 Å². The monoisotopic (exact) mass is 222 g/mol. The van der Waals surface area contributed by atoms with Gasteiger partial charge in [0.25, 0.3) is 0 Å². The highest BCUT2D eigenvalue weighted by Crippen LogP contribution is 2.45. The van der Waals surface area contributed by atoms with Gasteiger partial charge in [-0.05, 0) is 25.5 Å². The van der Waals surface area contributed by atoms with Crippen LogP contribution in [0.1, 0.15) is 30.9 Å². The van der Waals surface area contributed by atoms with E-state index in [9.17, 15) is 5.11 Å². The summed E-state index contributed by atoms with van der Waals surface area (Å²) in [5.41, 5.74) is 6.74. The van der Waals surface area contributed by atoms with E-state index >= 15 is 0 Å². The summed E-state index contributed by atoms with van der Waals surface area (Å²) in [7, 11) is 0. The van der Waals surface area contributed by atoms with E-state index in [1.54, 1.807) is 6.20 Å². The molecule has 4 nitrogen and oxygen atoms in total. The summed E-state index contributed by atoms with van der Waals surface area (Å²) in [5, 5.41) is 10.4. The Morgan fingerprint density at radius 3 is 2.88 bits per heavy atom. The summed E-state index contributed by atoms with van der Waals surface area (Å²) in [5.74, 6) is 0.428. The molecule has 1 fully saturated rings. The van der Waals surface area contributed by atoms with Crippen molar-refractivity contribution in [2.24, 2.45) is 0 Å². The molecule has 1 aliphatic carbocycles. The molecule has 1 saturated carbocycles. The minimum atomic E-state index is -0.845. The fraction of sp³-hybridized carbons (Fsp3) is 0.583. The molecule has 16 heavy (non-hydrogen) atoms. The Morgan fingerprint density at radius 1 is 1.62 bits per heavy atom. The Hall–Kier alpha value is -1.13. The van der Waals surface area contributed by atoms with E-state index in [-0.39, 0.29) is 6.10 Å². The number of rotatable bonds is 3. The summed E-state index contributed by atoms with van der Waals surface area (Å²) < 4.78 is 5.45. The third-order valence-electron chi connectivity index (χ3n) is 3.19. The molecule has 2 rings (SSSR count). The molecule has 1 aromatic rings. The van der Waals surface area contributed by atoms with Crippen molar-refractivity contribution < 1.29 is 9.84 Å². The molecule has 1 heterocycles. The van der Waals surface area contributed by atoms with Crippen LogP contribution in [0.5, 0.6) is 0 Å². The Morgan fingerprint density at radius 2 is 2.31 bits per heavy atom. The maximum absolute atomic E-state index is 10.4. The number of ether oxygens (including phenoxy) is 1. The molecule has 3 N–H and O–H groups in total. The molecule has 0 spiro atoms. The van der Waals surface area contributed by atoms with E-state index in [4.69, 9.17) is 10.5 Å². The van der Waals surface area contributed by atoms with Crippen LogP contribution < -0.4 is 5.73 Å². The van der Waals surface area contributed by atoms with Gasteiger partial charge in [0, 0.05) is 31.2 Å². The summed E-state index contributed by atoms with van der Waals surface area (Å²) in [6.45, 7) is 4.59. The predicted octanol–water partition coefficient (Wildman–Crippen LogP) is 1.36. The van der Waals surface area contributed by atoms with Crippen molar-refractivity contribution in [3.8, 4) is 0 Å². The predicted molar refractivity (Wildman–Crippen MR) is 61.9 cm³/mol. The van der Waals surface area contributed by atoms with Crippen LogP contribution in [-0.2, 0) is 10.3 Å². The summed E-state index contributed by atoms with van der Waals surface area (Å²) in [4.78, 5) is 4.04. The van der Waals surface area contributed by atoms with Crippen molar-refractivity contribution in [1.82, 2.24) is 4.98 Å². The van der Waals surface area contributed by atoms with Crippen LogP contribution in [0, 0.1) is 6.92 Å². The van der Waals surface area contributed by atoms with E-state index in [0.717, 1.165) is 11.1 Å². The number of nitrogen functional groups attached to an aromatic ring is 1. The van der Waals surface area contributed by atoms with E-state index < -0.39 is 5.60 Å². The quantitative estimate of drug-likeness (QED) is 0.810. The largest absolute Gasteiger partial charge is 0.385 e. The lowest BCUT2D eigenvalue weighted by Crippen LogP contribution is -2.46. The average Bonchev–Trinajstić information content (AvgIpc) is 2.15. The van der Waals surface area contributed by atoms with Gasteiger partial charge in [-0.2, -0.15) is 0 Å². The second-order valence-electron chi connectivity index (χ2n) is 4.41. The Labute approximate surface area is 95.4 Å². The third-order valence-corrected chi connectivity index (χ3v) is 3.19. The summed E-state index contributed by atoms with van der Waals surface area (Å²) in [6.07, 6.45) is 3.03. The van der Waals surface area contributed by atoms with Crippen LogP contribution in [-0.4, -0.2) is 22.8 Å². The van der Waals surface area contributed by atoms with E-state index in [0.29, 0.717) is 25.3 Å². The first-order valence-electron chi connectivity index (χ1n) is 5.62. The van der Waals surface area contributed by atoms with Crippen molar-refractivity contribution in [2.75, 3.05) is 12.3 Å². The smallest absolute Gasteiger partial charge is 0.129 e. The van der Waals surface area contributed by atoms with Crippen molar-refractivity contribution in [3.63, 3.8) is 0 Å². The van der Waals surface area contributed by atoms with Crippen molar-refractivity contribution >= 4 is 5.82 Å². The third kappa shape index (κ3) is 1.79. The van der Waals surface area contributed by atoms with Gasteiger partial charge in [0.1, 0.15) is 5.82 Å². The SMILES string of the molecule is CCOC1CC(O)(c2c(C)ccnc2N)C1. The van der Waals surface area contributed by atoms with Gasteiger partial charge in [0.05, 0.1) is 11.7 Å². The summed E-state index contributed by atoms with van der Waals surface area (Å²) >= 11 is 0. The van der Waals surface area contributed by atoms with Gasteiger partial charge in [0.2, 0.25) is 0 Å². The number of hydrogen-bond donors (Lipinski definition) is 2. The van der Waals surface area contributed by atoms with Gasteiger partial charge in [-0.15, -0.1) is 0 Å². The van der Waals surface area contributed by atoms with Crippen LogP contribution in [0.25, 0.3) is 0 Å². The lowest BCUT2D eigenvalue weighted by Gasteiger charge is -2.44. The minimum absolute atomic E-state index is 0.147. The first-order chi connectivity index (χ1) is 7.57. The number of aromatic nitrogens is 1. The molecule has 0 bridgehead atoms. The first kappa shape index (κ1) is 11.4. The van der Waals surface area contributed by atoms with Gasteiger partial charge in [0.15, 0.2) is 0 Å². The van der Waals surface area contributed by atoms with Crippen molar-refractivity contribution in [3.05, 3.63) is 23.4 Å². The molecule has 0 aliphatic heterocycles. The molecule has 0 atom stereocenters. The van der Waals surface area contributed by atoms with Gasteiger partial charge >= 0.3 is 0 Å². The average molecular weight is 222 g/mol. The highest BCUT2D eigenvalue weighted by Gasteiger charge is 2.46. The van der Waals surface area contributed by atoms with E-state index in [1.807, 2.05) is 19.9 Å². The molecular formula is C12H18N2O2. The molecule has 4 heteroatoms. The highest BCUT2D eigenvalue weighted by molar-refractivity contribution is 5.49. The number of nitrogens with two attached hydrogens (primary N) is 1. The number of nitrogens with zero attached hydrogens (tertiary/aromatic N) is 1.